The number of benzene rings is 1. The van der Waals surface area contributed by atoms with Crippen molar-refractivity contribution >= 4 is 15.7 Å². The maximum absolute atomic E-state index is 12.3. The summed E-state index contributed by atoms with van der Waals surface area (Å²) in [5.41, 5.74) is 8.24. The second-order valence-corrected chi connectivity index (χ2v) is 6.96. The third kappa shape index (κ3) is 3.61. The number of rotatable bonds is 5. The van der Waals surface area contributed by atoms with E-state index in [9.17, 15) is 8.42 Å². The Morgan fingerprint density at radius 3 is 2.80 bits per heavy atom. The van der Waals surface area contributed by atoms with E-state index in [4.69, 9.17) is 5.73 Å². The molecule has 0 fully saturated rings. The van der Waals surface area contributed by atoms with Crippen molar-refractivity contribution < 1.29 is 8.42 Å². The van der Waals surface area contributed by atoms with Crippen LogP contribution in [0.4, 0.5) is 5.69 Å². The Bertz CT molecular complexity index is 606. The van der Waals surface area contributed by atoms with Gasteiger partial charge in [-0.3, -0.25) is 0 Å². The van der Waals surface area contributed by atoms with Crippen LogP contribution in [-0.4, -0.2) is 15.0 Å². The minimum absolute atomic E-state index is 0.273. The van der Waals surface area contributed by atoms with Crippen LogP contribution in [0.5, 0.6) is 0 Å². The van der Waals surface area contributed by atoms with E-state index < -0.39 is 10.0 Å². The Morgan fingerprint density at radius 1 is 1.30 bits per heavy atom. The fourth-order valence-corrected chi connectivity index (χ4v) is 3.78. The second kappa shape index (κ2) is 6.41. The number of hydrogen-bond acceptors (Lipinski definition) is 3. The summed E-state index contributed by atoms with van der Waals surface area (Å²) in [7, 11) is -3.47. The summed E-state index contributed by atoms with van der Waals surface area (Å²) in [4.78, 5) is 0.273. The molecule has 0 heterocycles. The van der Waals surface area contributed by atoms with Gasteiger partial charge in [0.25, 0.3) is 0 Å². The average Bonchev–Trinajstić information content (AvgIpc) is 2.42. The molecule has 0 spiro atoms. The third-order valence-corrected chi connectivity index (χ3v) is 5.34. The minimum Gasteiger partial charge on any atom is -0.398 e. The highest BCUT2D eigenvalue weighted by atomic mass is 32.2. The highest BCUT2D eigenvalue weighted by Crippen LogP contribution is 2.22. The van der Waals surface area contributed by atoms with Crippen LogP contribution in [0.15, 0.2) is 34.7 Å². The molecule has 0 unspecified atom stereocenters. The molecule has 1 aliphatic carbocycles. The van der Waals surface area contributed by atoms with Crippen LogP contribution in [-0.2, 0) is 10.0 Å². The maximum atomic E-state index is 12.3. The number of hydrogen-bond donors (Lipinski definition) is 2. The lowest BCUT2D eigenvalue weighted by Gasteiger charge is -2.14. The van der Waals surface area contributed by atoms with Crippen LogP contribution < -0.4 is 10.5 Å². The van der Waals surface area contributed by atoms with E-state index in [0.717, 1.165) is 19.3 Å². The molecular weight excluding hydrogens is 272 g/mol. The number of sulfonamides is 1. The fourth-order valence-electron chi connectivity index (χ4n) is 2.48. The Morgan fingerprint density at radius 2 is 2.10 bits per heavy atom. The van der Waals surface area contributed by atoms with Crippen LogP contribution in [0.25, 0.3) is 0 Å². The molecule has 5 heteroatoms. The van der Waals surface area contributed by atoms with Crippen molar-refractivity contribution in [2.75, 3.05) is 12.3 Å². The van der Waals surface area contributed by atoms with Crippen molar-refractivity contribution in [2.45, 2.75) is 43.9 Å². The average molecular weight is 294 g/mol. The summed E-state index contributed by atoms with van der Waals surface area (Å²) >= 11 is 0. The largest absolute Gasteiger partial charge is 0.398 e. The molecule has 1 aromatic rings. The molecule has 1 aliphatic rings. The zero-order valence-corrected chi connectivity index (χ0v) is 12.7. The molecule has 0 bridgehead atoms. The first-order valence-corrected chi connectivity index (χ1v) is 8.52. The van der Waals surface area contributed by atoms with Crippen molar-refractivity contribution in [1.29, 1.82) is 0 Å². The molecule has 110 valence electrons. The predicted molar refractivity (Wildman–Crippen MR) is 81.9 cm³/mol. The van der Waals surface area contributed by atoms with E-state index in [-0.39, 0.29) is 4.90 Å². The van der Waals surface area contributed by atoms with E-state index >= 15 is 0 Å². The molecule has 1 aromatic carbocycles. The minimum atomic E-state index is -3.47. The topological polar surface area (TPSA) is 72.2 Å². The lowest BCUT2D eigenvalue weighted by molar-refractivity contribution is 0.579. The number of allylic oxidation sites excluding steroid dienone is 1. The van der Waals surface area contributed by atoms with Gasteiger partial charge in [0.1, 0.15) is 0 Å². The van der Waals surface area contributed by atoms with Crippen molar-refractivity contribution in [1.82, 2.24) is 4.72 Å². The van der Waals surface area contributed by atoms with Gasteiger partial charge >= 0.3 is 0 Å². The van der Waals surface area contributed by atoms with Crippen LogP contribution in [0, 0.1) is 6.92 Å². The summed E-state index contributed by atoms with van der Waals surface area (Å²) in [6.07, 6.45) is 7.71. The quantitative estimate of drug-likeness (QED) is 0.648. The third-order valence-electron chi connectivity index (χ3n) is 3.74. The molecule has 20 heavy (non-hydrogen) atoms. The molecule has 0 saturated heterocycles. The predicted octanol–water partition coefficient (Wildman–Crippen LogP) is 2.75. The van der Waals surface area contributed by atoms with E-state index in [1.54, 1.807) is 25.1 Å². The first kappa shape index (κ1) is 15.1. The monoisotopic (exact) mass is 294 g/mol. The van der Waals surface area contributed by atoms with Gasteiger partial charge in [-0.2, -0.15) is 0 Å². The lowest BCUT2D eigenvalue weighted by Crippen LogP contribution is -2.26. The molecule has 0 radical (unpaired) electrons. The summed E-state index contributed by atoms with van der Waals surface area (Å²) in [5, 5.41) is 0. The van der Waals surface area contributed by atoms with Crippen molar-refractivity contribution in [3.63, 3.8) is 0 Å². The SMILES string of the molecule is Cc1c(N)cccc1S(=O)(=O)NCCC1=CCCCC1. The Balaban J connectivity index is 2.00. The molecule has 0 aromatic heterocycles. The smallest absolute Gasteiger partial charge is 0.240 e. The van der Waals surface area contributed by atoms with Crippen LogP contribution >= 0.6 is 0 Å². The van der Waals surface area contributed by atoms with E-state index in [1.165, 1.54) is 18.4 Å². The van der Waals surface area contributed by atoms with Gasteiger partial charge in [-0.1, -0.05) is 17.7 Å². The number of nitrogens with two attached hydrogens (primary N) is 1. The van der Waals surface area contributed by atoms with Crippen molar-refractivity contribution in [3.8, 4) is 0 Å². The van der Waals surface area contributed by atoms with Gasteiger partial charge in [-0.05, 0) is 56.7 Å². The molecular formula is C15H22N2O2S. The van der Waals surface area contributed by atoms with Crippen LogP contribution in [0.2, 0.25) is 0 Å². The lowest BCUT2D eigenvalue weighted by atomic mass is 9.97. The Labute approximate surface area is 121 Å². The number of nitrogens with one attached hydrogen (secondary N) is 1. The molecule has 0 saturated carbocycles. The van der Waals surface area contributed by atoms with Gasteiger partial charge in [-0.25, -0.2) is 13.1 Å². The second-order valence-electron chi connectivity index (χ2n) is 5.23. The zero-order valence-electron chi connectivity index (χ0n) is 11.9. The van der Waals surface area contributed by atoms with Crippen LogP contribution in [0.1, 0.15) is 37.7 Å². The highest BCUT2D eigenvalue weighted by molar-refractivity contribution is 7.89. The summed E-state index contributed by atoms with van der Waals surface area (Å²) in [6, 6.07) is 4.97. The van der Waals surface area contributed by atoms with Gasteiger partial charge < -0.3 is 5.73 Å². The standard InChI is InChI=1S/C15H22N2O2S/c1-12-14(16)8-5-9-15(12)20(18,19)17-11-10-13-6-3-2-4-7-13/h5-6,8-9,17H,2-4,7,10-11,16H2,1H3. The number of anilines is 1. The molecule has 0 amide bonds. The van der Waals surface area contributed by atoms with E-state index in [0.29, 0.717) is 17.8 Å². The molecule has 3 N–H and O–H groups in total. The fraction of sp³-hybridized carbons (Fsp3) is 0.467. The maximum Gasteiger partial charge on any atom is 0.240 e. The molecule has 2 rings (SSSR count). The molecule has 0 atom stereocenters. The summed E-state index contributed by atoms with van der Waals surface area (Å²) in [5.74, 6) is 0. The first-order chi connectivity index (χ1) is 9.50. The van der Waals surface area contributed by atoms with Crippen molar-refractivity contribution in [2.24, 2.45) is 0 Å². The van der Waals surface area contributed by atoms with Crippen molar-refractivity contribution in [3.05, 3.63) is 35.4 Å². The normalized spacial score (nSPS) is 15.9. The van der Waals surface area contributed by atoms with Gasteiger partial charge in [-0.15, -0.1) is 0 Å². The van der Waals surface area contributed by atoms with Crippen LogP contribution in [0.3, 0.4) is 0 Å². The van der Waals surface area contributed by atoms with Gasteiger partial charge in [0.15, 0.2) is 0 Å². The van der Waals surface area contributed by atoms with Gasteiger partial charge in [0.05, 0.1) is 4.90 Å². The summed E-state index contributed by atoms with van der Waals surface area (Å²) < 4.78 is 27.2. The Kier molecular flexibility index (Phi) is 4.83. The van der Waals surface area contributed by atoms with Gasteiger partial charge in [0.2, 0.25) is 10.0 Å². The number of nitrogen functional groups attached to an aromatic ring is 1. The highest BCUT2D eigenvalue weighted by Gasteiger charge is 2.17. The van der Waals surface area contributed by atoms with Gasteiger partial charge in [0, 0.05) is 12.2 Å². The Hall–Kier alpha value is -1.33. The van der Waals surface area contributed by atoms with E-state index in [2.05, 4.69) is 10.8 Å². The summed E-state index contributed by atoms with van der Waals surface area (Å²) in [6.45, 7) is 2.18. The molecule has 4 nitrogen and oxygen atoms in total. The molecule has 0 aliphatic heterocycles. The van der Waals surface area contributed by atoms with E-state index in [1.807, 2.05) is 0 Å². The zero-order chi connectivity index (χ0) is 14.6. The first-order valence-electron chi connectivity index (χ1n) is 7.03.